The molecule has 0 aliphatic rings. The van der Waals surface area contributed by atoms with E-state index in [1.165, 1.54) is 17.0 Å². The molecule has 1 atom stereocenters. The number of hydrogen-bond donors (Lipinski definition) is 1. The molecule has 2 N–H and O–H groups in total. The maximum absolute atomic E-state index is 12.7. The van der Waals surface area contributed by atoms with Crippen LogP contribution in [0.15, 0.2) is 41.8 Å². The van der Waals surface area contributed by atoms with E-state index in [9.17, 15) is 4.39 Å². The van der Waals surface area contributed by atoms with Crippen molar-refractivity contribution in [2.45, 2.75) is 12.5 Å². The highest BCUT2D eigenvalue weighted by Gasteiger charge is 2.06. The van der Waals surface area contributed by atoms with Gasteiger partial charge in [0.1, 0.15) is 18.2 Å². The summed E-state index contributed by atoms with van der Waals surface area (Å²) in [6.45, 7) is 0.434. The molecule has 1 heterocycles. The summed E-state index contributed by atoms with van der Waals surface area (Å²) >= 11 is 1.69. The Morgan fingerprint density at radius 3 is 2.65 bits per heavy atom. The van der Waals surface area contributed by atoms with Gasteiger partial charge in [0.25, 0.3) is 0 Å². The average Bonchev–Trinajstić information content (AvgIpc) is 2.81. The molecule has 0 fully saturated rings. The van der Waals surface area contributed by atoms with E-state index in [-0.39, 0.29) is 11.9 Å². The maximum atomic E-state index is 12.7. The van der Waals surface area contributed by atoms with E-state index >= 15 is 0 Å². The second-order valence-corrected chi connectivity index (χ2v) is 4.84. The van der Waals surface area contributed by atoms with E-state index in [1.54, 1.807) is 23.5 Å². The molecule has 0 amide bonds. The van der Waals surface area contributed by atoms with Crippen LogP contribution in [0.25, 0.3) is 0 Å². The molecule has 0 aliphatic heterocycles. The Balaban J connectivity index is 1.79. The van der Waals surface area contributed by atoms with Gasteiger partial charge >= 0.3 is 0 Å². The van der Waals surface area contributed by atoms with Crippen molar-refractivity contribution in [1.29, 1.82) is 0 Å². The molecule has 1 aromatic heterocycles. The Bertz CT molecular complexity index is 441. The fourth-order valence-electron chi connectivity index (χ4n) is 1.48. The van der Waals surface area contributed by atoms with Crippen molar-refractivity contribution in [2.24, 2.45) is 5.73 Å². The molecule has 0 radical (unpaired) electrons. The molecule has 4 heteroatoms. The van der Waals surface area contributed by atoms with Crippen LogP contribution >= 0.6 is 11.3 Å². The SMILES string of the molecule is NC(COc1ccc(F)cc1)Cc1cccs1. The van der Waals surface area contributed by atoms with Crippen LogP contribution in [0.2, 0.25) is 0 Å². The van der Waals surface area contributed by atoms with Gasteiger partial charge in [-0.25, -0.2) is 4.39 Å². The Labute approximate surface area is 104 Å². The van der Waals surface area contributed by atoms with Crippen LogP contribution in [0.5, 0.6) is 5.75 Å². The van der Waals surface area contributed by atoms with Crippen molar-refractivity contribution >= 4 is 11.3 Å². The second-order valence-electron chi connectivity index (χ2n) is 3.81. The van der Waals surface area contributed by atoms with Gasteiger partial charge in [0, 0.05) is 17.3 Å². The van der Waals surface area contributed by atoms with E-state index in [2.05, 4.69) is 6.07 Å². The predicted molar refractivity (Wildman–Crippen MR) is 67.9 cm³/mol. The summed E-state index contributed by atoms with van der Waals surface area (Å²) in [4.78, 5) is 1.25. The Kier molecular flexibility index (Phi) is 4.12. The molecule has 0 saturated heterocycles. The smallest absolute Gasteiger partial charge is 0.123 e. The quantitative estimate of drug-likeness (QED) is 0.887. The number of ether oxygens (including phenoxy) is 1. The molecule has 0 spiro atoms. The topological polar surface area (TPSA) is 35.2 Å². The van der Waals surface area contributed by atoms with Gasteiger partial charge < -0.3 is 10.5 Å². The minimum absolute atomic E-state index is 0.0429. The first-order chi connectivity index (χ1) is 8.24. The van der Waals surface area contributed by atoms with Crippen molar-refractivity contribution < 1.29 is 9.13 Å². The van der Waals surface area contributed by atoms with Crippen LogP contribution in [0, 0.1) is 5.82 Å². The summed E-state index contributed by atoms with van der Waals surface area (Å²) in [6, 6.07) is 9.98. The number of hydrogen-bond acceptors (Lipinski definition) is 3. The molecule has 2 nitrogen and oxygen atoms in total. The van der Waals surface area contributed by atoms with Crippen LogP contribution < -0.4 is 10.5 Å². The molecule has 2 aromatic rings. The van der Waals surface area contributed by atoms with Crippen LogP contribution in [0.1, 0.15) is 4.88 Å². The Hall–Kier alpha value is -1.39. The maximum Gasteiger partial charge on any atom is 0.123 e. The number of thiophene rings is 1. The number of halogens is 1. The number of nitrogens with two attached hydrogens (primary N) is 1. The lowest BCUT2D eigenvalue weighted by atomic mass is 10.2. The lowest BCUT2D eigenvalue weighted by Crippen LogP contribution is -2.29. The van der Waals surface area contributed by atoms with Gasteiger partial charge in [0.2, 0.25) is 0 Å². The normalized spacial score (nSPS) is 12.4. The Morgan fingerprint density at radius 2 is 2.00 bits per heavy atom. The zero-order chi connectivity index (χ0) is 12.1. The van der Waals surface area contributed by atoms with Gasteiger partial charge in [-0.1, -0.05) is 6.07 Å². The lowest BCUT2D eigenvalue weighted by Gasteiger charge is -2.12. The van der Waals surface area contributed by atoms with E-state index < -0.39 is 0 Å². The van der Waals surface area contributed by atoms with Crippen LogP contribution in [-0.2, 0) is 6.42 Å². The third-order valence-corrected chi connectivity index (χ3v) is 3.22. The third-order valence-electron chi connectivity index (χ3n) is 2.32. The highest BCUT2D eigenvalue weighted by Crippen LogP contribution is 2.13. The highest BCUT2D eigenvalue weighted by molar-refractivity contribution is 7.09. The van der Waals surface area contributed by atoms with Gasteiger partial charge in [-0.2, -0.15) is 0 Å². The molecular formula is C13H14FNOS. The summed E-state index contributed by atoms with van der Waals surface area (Å²) in [7, 11) is 0. The molecule has 1 unspecified atom stereocenters. The molecule has 2 rings (SSSR count). The molecule has 0 saturated carbocycles. The lowest BCUT2D eigenvalue weighted by molar-refractivity contribution is 0.288. The van der Waals surface area contributed by atoms with Crippen molar-refractivity contribution in [1.82, 2.24) is 0 Å². The molecule has 90 valence electrons. The zero-order valence-corrected chi connectivity index (χ0v) is 10.1. The fourth-order valence-corrected chi connectivity index (χ4v) is 2.28. The molecule has 17 heavy (non-hydrogen) atoms. The first-order valence-electron chi connectivity index (χ1n) is 5.40. The molecular weight excluding hydrogens is 237 g/mol. The monoisotopic (exact) mass is 251 g/mol. The van der Waals surface area contributed by atoms with Crippen LogP contribution in [0.4, 0.5) is 4.39 Å². The fraction of sp³-hybridized carbons (Fsp3) is 0.231. The minimum Gasteiger partial charge on any atom is -0.492 e. The van der Waals surface area contributed by atoms with Crippen LogP contribution in [0.3, 0.4) is 0 Å². The predicted octanol–water partition coefficient (Wildman–Crippen LogP) is 2.84. The summed E-state index contributed by atoms with van der Waals surface area (Å²) in [5.74, 6) is 0.383. The average molecular weight is 251 g/mol. The van der Waals surface area contributed by atoms with Crippen molar-refractivity contribution in [2.75, 3.05) is 6.61 Å². The highest BCUT2D eigenvalue weighted by atomic mass is 32.1. The van der Waals surface area contributed by atoms with Crippen molar-refractivity contribution in [3.63, 3.8) is 0 Å². The largest absolute Gasteiger partial charge is 0.492 e. The second kappa shape index (κ2) is 5.80. The van der Waals surface area contributed by atoms with Crippen molar-refractivity contribution in [3.8, 4) is 5.75 Å². The van der Waals surface area contributed by atoms with Gasteiger partial charge in [-0.05, 0) is 35.7 Å². The minimum atomic E-state index is -0.264. The first-order valence-corrected chi connectivity index (χ1v) is 6.28. The zero-order valence-electron chi connectivity index (χ0n) is 9.30. The summed E-state index contributed by atoms with van der Waals surface area (Å²) in [5, 5.41) is 2.03. The Morgan fingerprint density at radius 1 is 1.24 bits per heavy atom. The number of benzene rings is 1. The third kappa shape index (κ3) is 3.84. The molecule has 1 aromatic carbocycles. The van der Waals surface area contributed by atoms with Gasteiger partial charge in [0.05, 0.1) is 0 Å². The first kappa shape index (κ1) is 12.1. The van der Waals surface area contributed by atoms with Gasteiger partial charge in [0.15, 0.2) is 0 Å². The van der Waals surface area contributed by atoms with E-state index in [0.717, 1.165) is 6.42 Å². The molecule has 0 bridgehead atoms. The van der Waals surface area contributed by atoms with E-state index in [0.29, 0.717) is 12.4 Å². The van der Waals surface area contributed by atoms with E-state index in [1.807, 2.05) is 11.4 Å². The van der Waals surface area contributed by atoms with Gasteiger partial charge in [-0.3, -0.25) is 0 Å². The summed E-state index contributed by atoms with van der Waals surface area (Å²) < 4.78 is 18.1. The van der Waals surface area contributed by atoms with Gasteiger partial charge in [-0.15, -0.1) is 11.3 Å². The summed E-state index contributed by atoms with van der Waals surface area (Å²) in [5.41, 5.74) is 5.95. The number of rotatable bonds is 5. The van der Waals surface area contributed by atoms with E-state index in [4.69, 9.17) is 10.5 Å². The molecule has 0 aliphatic carbocycles. The summed E-state index contributed by atoms with van der Waals surface area (Å²) in [6.07, 6.45) is 0.804. The van der Waals surface area contributed by atoms with Crippen LogP contribution in [-0.4, -0.2) is 12.6 Å². The standard InChI is InChI=1S/C13H14FNOS/c14-10-3-5-12(6-4-10)16-9-11(15)8-13-2-1-7-17-13/h1-7,11H,8-9,15H2. The van der Waals surface area contributed by atoms with Crippen molar-refractivity contribution in [3.05, 3.63) is 52.5 Å².